The predicted octanol–water partition coefficient (Wildman–Crippen LogP) is 3.40. The van der Waals surface area contributed by atoms with E-state index in [-0.39, 0.29) is 12.2 Å². The fourth-order valence-corrected chi connectivity index (χ4v) is 3.66. The van der Waals surface area contributed by atoms with Crippen LogP contribution in [0.5, 0.6) is 0 Å². The smallest absolute Gasteiger partial charge is 0.264 e. The van der Waals surface area contributed by atoms with Crippen LogP contribution in [0.3, 0.4) is 0 Å². The second-order valence-electron chi connectivity index (χ2n) is 7.03. The van der Waals surface area contributed by atoms with Crippen molar-refractivity contribution in [2.24, 2.45) is 0 Å². The number of rotatable bonds is 5. The molecule has 28 heavy (non-hydrogen) atoms. The minimum atomic E-state index is -1.88. The van der Waals surface area contributed by atoms with Gasteiger partial charge < -0.3 is 10.0 Å². The van der Waals surface area contributed by atoms with Gasteiger partial charge in [-0.2, -0.15) is 0 Å². The van der Waals surface area contributed by atoms with E-state index in [1.165, 1.54) is 12.4 Å². The van der Waals surface area contributed by atoms with Gasteiger partial charge in [-0.25, -0.2) is 0 Å². The van der Waals surface area contributed by atoms with Crippen molar-refractivity contribution in [2.75, 3.05) is 4.90 Å². The van der Waals surface area contributed by atoms with E-state index in [1.54, 1.807) is 35.2 Å². The fraction of sp³-hybridized carbons (Fsp3) is 0.174. The number of benzene rings is 2. The summed E-state index contributed by atoms with van der Waals surface area (Å²) < 4.78 is 0. The number of para-hydroxylation sites is 1. The van der Waals surface area contributed by atoms with Crippen molar-refractivity contribution < 1.29 is 14.7 Å². The predicted molar refractivity (Wildman–Crippen MR) is 106 cm³/mol. The van der Waals surface area contributed by atoms with Crippen molar-refractivity contribution in [3.63, 3.8) is 0 Å². The summed E-state index contributed by atoms with van der Waals surface area (Å²) in [7, 11) is 0. The van der Waals surface area contributed by atoms with Crippen LogP contribution in [-0.2, 0) is 16.9 Å². The van der Waals surface area contributed by atoms with E-state index in [0.29, 0.717) is 23.4 Å². The van der Waals surface area contributed by atoms with Crippen LogP contribution in [0.1, 0.15) is 33.5 Å². The van der Waals surface area contributed by atoms with Crippen LogP contribution in [0.25, 0.3) is 0 Å². The Morgan fingerprint density at radius 2 is 1.71 bits per heavy atom. The molecule has 1 atom stereocenters. The second kappa shape index (κ2) is 7.02. The molecule has 0 bridgehead atoms. The lowest BCUT2D eigenvalue weighted by atomic mass is 9.88. The number of amides is 1. The zero-order valence-electron chi connectivity index (χ0n) is 15.5. The van der Waals surface area contributed by atoms with Crippen molar-refractivity contribution in [3.8, 4) is 0 Å². The molecule has 0 aliphatic carbocycles. The van der Waals surface area contributed by atoms with Gasteiger partial charge in [-0.1, -0.05) is 42.5 Å². The van der Waals surface area contributed by atoms with Gasteiger partial charge >= 0.3 is 0 Å². The molecule has 1 aromatic heterocycles. The summed E-state index contributed by atoms with van der Waals surface area (Å²) in [5.41, 5.74) is 1.72. The Bertz CT molecular complexity index is 1050. The Labute approximate surface area is 163 Å². The molecule has 1 amide bonds. The third-order valence-electron chi connectivity index (χ3n) is 5.25. The highest BCUT2D eigenvalue weighted by atomic mass is 16.3. The molecule has 3 aromatic rings. The molecule has 0 spiro atoms. The molecule has 1 N–H and O–H groups in total. The first kappa shape index (κ1) is 18.1. The van der Waals surface area contributed by atoms with Crippen LogP contribution >= 0.6 is 0 Å². The summed E-state index contributed by atoms with van der Waals surface area (Å²) >= 11 is 0. The number of carbonyl (C=O) groups excluding carboxylic acids is 2. The second-order valence-corrected chi connectivity index (χ2v) is 7.03. The first-order valence-electron chi connectivity index (χ1n) is 9.12. The normalized spacial score (nSPS) is 18.2. The monoisotopic (exact) mass is 372 g/mol. The Hall–Kier alpha value is -3.31. The number of carbonyl (C=O) groups is 2. The highest BCUT2D eigenvalue weighted by Gasteiger charge is 2.50. The summed E-state index contributed by atoms with van der Waals surface area (Å²) in [6.07, 6.45) is 2.73. The lowest BCUT2D eigenvalue weighted by Crippen LogP contribution is -2.41. The number of pyridine rings is 1. The molecule has 0 saturated heterocycles. The number of aliphatic hydroxyl groups is 1. The molecule has 4 rings (SSSR count). The lowest BCUT2D eigenvalue weighted by Gasteiger charge is -2.23. The number of Topliss-reactive ketones (excluding diaryl/α,β-unsaturated/α-hetero) is 1. The minimum absolute atomic E-state index is 0.300. The number of hydrogen-bond acceptors (Lipinski definition) is 4. The maximum Gasteiger partial charge on any atom is 0.264 e. The van der Waals surface area contributed by atoms with Crippen LogP contribution in [0.2, 0.25) is 0 Å². The largest absolute Gasteiger partial charge is 0.375 e. The van der Waals surface area contributed by atoms with Gasteiger partial charge in [0, 0.05) is 23.5 Å². The third kappa shape index (κ3) is 3.00. The van der Waals surface area contributed by atoms with Gasteiger partial charge in [0.25, 0.3) is 5.91 Å². The average Bonchev–Trinajstić information content (AvgIpc) is 2.92. The van der Waals surface area contributed by atoms with Crippen LogP contribution in [0.4, 0.5) is 5.69 Å². The Kier molecular flexibility index (Phi) is 4.53. The molecule has 0 fully saturated rings. The van der Waals surface area contributed by atoms with Gasteiger partial charge in [0.1, 0.15) is 0 Å². The maximum atomic E-state index is 13.3. The SMILES string of the molecule is Cc1ccccc1CN1C(=O)[C@](O)(CC(=O)c2ccncc2)c2ccccc21. The molecule has 1 aliphatic rings. The van der Waals surface area contributed by atoms with Gasteiger partial charge in [-0.05, 0) is 36.2 Å². The molecular weight excluding hydrogens is 352 g/mol. The van der Waals surface area contributed by atoms with Crippen molar-refractivity contribution in [3.05, 3.63) is 95.3 Å². The van der Waals surface area contributed by atoms with E-state index < -0.39 is 11.5 Å². The van der Waals surface area contributed by atoms with Crippen LogP contribution < -0.4 is 4.90 Å². The molecule has 5 nitrogen and oxygen atoms in total. The van der Waals surface area contributed by atoms with Crippen molar-refractivity contribution >= 4 is 17.4 Å². The van der Waals surface area contributed by atoms with Crippen LogP contribution in [0, 0.1) is 6.92 Å². The highest BCUT2D eigenvalue weighted by Crippen LogP contribution is 2.43. The van der Waals surface area contributed by atoms with E-state index in [9.17, 15) is 14.7 Å². The lowest BCUT2D eigenvalue weighted by molar-refractivity contribution is -0.136. The molecular formula is C23H20N2O3. The van der Waals surface area contributed by atoms with Crippen LogP contribution in [0.15, 0.2) is 73.1 Å². The molecule has 2 heterocycles. The van der Waals surface area contributed by atoms with Crippen molar-refractivity contribution in [2.45, 2.75) is 25.5 Å². The van der Waals surface area contributed by atoms with Gasteiger partial charge in [-0.15, -0.1) is 0 Å². The van der Waals surface area contributed by atoms with Crippen LogP contribution in [-0.4, -0.2) is 21.8 Å². The molecule has 1 aliphatic heterocycles. The topological polar surface area (TPSA) is 70.5 Å². The zero-order valence-corrected chi connectivity index (χ0v) is 15.5. The number of anilines is 1. The standard InChI is InChI=1S/C23H20N2O3/c1-16-6-2-3-7-18(16)15-25-20-9-5-4-8-19(20)23(28,22(25)27)14-21(26)17-10-12-24-13-11-17/h2-13,28H,14-15H2,1H3/t23-/m0/s1. The number of hydrogen-bond donors (Lipinski definition) is 1. The number of ketones is 1. The van der Waals surface area contributed by atoms with E-state index >= 15 is 0 Å². The quantitative estimate of drug-likeness (QED) is 0.697. The number of nitrogens with zero attached hydrogens (tertiary/aromatic N) is 2. The molecule has 0 saturated carbocycles. The van der Waals surface area contributed by atoms with Gasteiger partial charge in [0.2, 0.25) is 0 Å². The molecule has 5 heteroatoms. The summed E-state index contributed by atoms with van der Waals surface area (Å²) in [6, 6.07) is 18.1. The van der Waals surface area contributed by atoms with Crippen molar-refractivity contribution in [1.82, 2.24) is 4.98 Å². The molecule has 0 radical (unpaired) electrons. The minimum Gasteiger partial charge on any atom is -0.375 e. The summed E-state index contributed by atoms with van der Waals surface area (Å²) in [5, 5.41) is 11.3. The number of aryl methyl sites for hydroxylation is 1. The zero-order chi connectivity index (χ0) is 19.7. The highest BCUT2D eigenvalue weighted by molar-refractivity contribution is 6.10. The van der Waals surface area contributed by atoms with Gasteiger partial charge in [0.05, 0.1) is 18.7 Å². The van der Waals surface area contributed by atoms with Gasteiger partial charge in [0.15, 0.2) is 11.4 Å². The van der Waals surface area contributed by atoms with Crippen molar-refractivity contribution in [1.29, 1.82) is 0 Å². The number of aromatic nitrogens is 1. The first-order chi connectivity index (χ1) is 13.5. The van der Waals surface area contributed by atoms with E-state index in [4.69, 9.17) is 0 Å². The molecule has 0 unspecified atom stereocenters. The molecule has 2 aromatic carbocycles. The van der Waals surface area contributed by atoms with Gasteiger partial charge in [-0.3, -0.25) is 14.6 Å². The summed E-state index contributed by atoms with van der Waals surface area (Å²) in [4.78, 5) is 31.5. The Morgan fingerprint density at radius 3 is 2.46 bits per heavy atom. The van der Waals surface area contributed by atoms with E-state index in [2.05, 4.69) is 4.98 Å². The first-order valence-corrected chi connectivity index (χ1v) is 9.12. The summed E-state index contributed by atoms with van der Waals surface area (Å²) in [6.45, 7) is 2.33. The molecule has 140 valence electrons. The fourth-order valence-electron chi connectivity index (χ4n) is 3.66. The maximum absolute atomic E-state index is 13.3. The average molecular weight is 372 g/mol. The van der Waals surface area contributed by atoms with E-state index in [1.807, 2.05) is 37.3 Å². The van der Waals surface area contributed by atoms with E-state index in [0.717, 1.165) is 11.1 Å². The number of fused-ring (bicyclic) bond motifs is 1. The Balaban J connectivity index is 1.70. The Morgan fingerprint density at radius 1 is 1.04 bits per heavy atom. The summed E-state index contributed by atoms with van der Waals surface area (Å²) in [5.74, 6) is -0.773. The third-order valence-corrected chi connectivity index (χ3v) is 5.25.